The zero-order valence-electron chi connectivity index (χ0n) is 21.2. The molecule has 0 spiro atoms. The number of Topliss-reactive ketones (excluding diaryl/α,β-unsaturated/α-hetero) is 1. The third-order valence-electron chi connectivity index (χ3n) is 6.84. The quantitative estimate of drug-likeness (QED) is 0.343. The van der Waals surface area contributed by atoms with E-state index in [0.29, 0.717) is 42.6 Å². The average molecular weight is 493 g/mol. The largest absolute Gasteiger partial charge is 0.480 e. The number of carbonyl (C=O) groups is 2. The van der Waals surface area contributed by atoms with Crippen LogP contribution in [0.3, 0.4) is 0 Å². The van der Waals surface area contributed by atoms with Gasteiger partial charge in [0.1, 0.15) is 11.8 Å². The smallest absolute Gasteiger partial charge is 0.224 e. The highest BCUT2D eigenvalue weighted by Gasteiger charge is 2.26. The molecule has 1 aromatic carbocycles. The van der Waals surface area contributed by atoms with Gasteiger partial charge in [-0.3, -0.25) is 9.59 Å². The third kappa shape index (κ3) is 6.49. The number of nitrogens with one attached hydrogen (secondary N) is 2. The van der Waals surface area contributed by atoms with Crippen LogP contribution < -0.4 is 15.4 Å². The van der Waals surface area contributed by atoms with Crippen molar-refractivity contribution in [1.82, 2.24) is 20.6 Å². The van der Waals surface area contributed by atoms with Gasteiger partial charge >= 0.3 is 0 Å². The van der Waals surface area contributed by atoms with Gasteiger partial charge in [-0.15, -0.1) is 0 Å². The third-order valence-corrected chi connectivity index (χ3v) is 6.84. The molecule has 1 aliphatic heterocycles. The highest BCUT2D eigenvalue weighted by atomic mass is 16.5. The number of ketones is 1. The maximum atomic E-state index is 13.0. The summed E-state index contributed by atoms with van der Waals surface area (Å²) in [6.45, 7) is 3.60. The lowest BCUT2D eigenvalue weighted by Crippen LogP contribution is -2.39. The average Bonchev–Trinajstić information content (AvgIpc) is 3.41. The fourth-order valence-corrected chi connectivity index (χ4v) is 4.66. The van der Waals surface area contributed by atoms with Crippen LogP contribution in [0.4, 0.5) is 0 Å². The Morgan fingerprint density at radius 2 is 2.00 bits per heavy atom. The maximum Gasteiger partial charge on any atom is 0.224 e. The molecule has 1 atom stereocenters. The molecule has 3 heterocycles. The molecule has 1 unspecified atom stereocenters. The number of rotatable bonds is 12. The minimum absolute atomic E-state index is 0.00450. The van der Waals surface area contributed by atoms with E-state index in [1.165, 1.54) is 0 Å². The minimum Gasteiger partial charge on any atom is -0.480 e. The number of para-hydroxylation sites is 1. The molecule has 1 aliphatic rings. The normalized spacial score (nSPS) is 15.1. The summed E-state index contributed by atoms with van der Waals surface area (Å²) in [6, 6.07) is 9.49. The van der Waals surface area contributed by atoms with Crippen LogP contribution in [0.25, 0.3) is 22.2 Å². The molecule has 8 heteroatoms. The van der Waals surface area contributed by atoms with E-state index >= 15 is 0 Å². The summed E-state index contributed by atoms with van der Waals surface area (Å²) in [6.07, 6.45) is 7.87. The van der Waals surface area contributed by atoms with Crippen LogP contribution in [0.1, 0.15) is 70.2 Å². The molecule has 36 heavy (non-hydrogen) atoms. The Morgan fingerprint density at radius 1 is 1.19 bits per heavy atom. The number of carbonyl (C=O) groups excluding carboxylic acids is 2. The van der Waals surface area contributed by atoms with Crippen LogP contribution >= 0.6 is 0 Å². The Balaban J connectivity index is 1.52. The number of benzene rings is 1. The maximum absolute atomic E-state index is 13.0. The van der Waals surface area contributed by atoms with Crippen LogP contribution in [0.15, 0.2) is 40.9 Å². The van der Waals surface area contributed by atoms with E-state index in [1.54, 1.807) is 13.3 Å². The molecule has 4 rings (SSSR count). The number of ether oxygens (including phenoxy) is 1. The summed E-state index contributed by atoms with van der Waals surface area (Å²) in [7, 11) is 1.59. The van der Waals surface area contributed by atoms with E-state index < -0.39 is 0 Å². The number of methoxy groups -OCH3 is 1. The van der Waals surface area contributed by atoms with Crippen LogP contribution in [0.2, 0.25) is 0 Å². The molecular formula is C28H36N4O4. The Labute approximate surface area is 212 Å². The second-order valence-corrected chi connectivity index (χ2v) is 9.38. The first kappa shape index (κ1) is 25.8. The summed E-state index contributed by atoms with van der Waals surface area (Å²) < 4.78 is 11.8. The summed E-state index contributed by atoms with van der Waals surface area (Å²) in [5.74, 6) is 1.83. The van der Waals surface area contributed by atoms with E-state index in [4.69, 9.17) is 9.15 Å². The van der Waals surface area contributed by atoms with Crippen molar-refractivity contribution in [2.24, 2.45) is 5.92 Å². The topological polar surface area (TPSA) is 106 Å². The van der Waals surface area contributed by atoms with Gasteiger partial charge in [-0.25, -0.2) is 9.97 Å². The molecular weight excluding hydrogens is 456 g/mol. The number of pyridine rings is 1. The molecule has 2 N–H and O–H groups in total. The van der Waals surface area contributed by atoms with Crippen LogP contribution in [-0.4, -0.2) is 41.9 Å². The van der Waals surface area contributed by atoms with E-state index in [1.807, 2.05) is 37.3 Å². The van der Waals surface area contributed by atoms with Crippen molar-refractivity contribution in [2.75, 3.05) is 20.2 Å². The Hall–Kier alpha value is -3.26. The zero-order valence-corrected chi connectivity index (χ0v) is 21.2. The fraction of sp³-hybridized carbons (Fsp3) is 0.500. The second kappa shape index (κ2) is 12.6. The number of unbranched alkanes of at least 4 members (excludes halogenated alkanes) is 2. The number of hydrogen-bond donors (Lipinski definition) is 2. The first-order chi connectivity index (χ1) is 17.6. The summed E-state index contributed by atoms with van der Waals surface area (Å²) in [5.41, 5.74) is 1.56. The number of oxazole rings is 1. The van der Waals surface area contributed by atoms with E-state index in [0.717, 1.165) is 61.7 Å². The molecule has 0 bridgehead atoms. The number of hydrogen-bond acceptors (Lipinski definition) is 7. The van der Waals surface area contributed by atoms with Gasteiger partial charge in [0.25, 0.3) is 0 Å². The van der Waals surface area contributed by atoms with Crippen molar-refractivity contribution in [3.05, 3.63) is 42.4 Å². The highest BCUT2D eigenvalue weighted by molar-refractivity contribution is 5.85. The first-order valence-electron chi connectivity index (χ1n) is 13.0. The molecule has 0 aliphatic carbocycles. The lowest BCUT2D eigenvalue weighted by Gasteiger charge is -2.24. The van der Waals surface area contributed by atoms with Gasteiger partial charge in [0.2, 0.25) is 17.7 Å². The van der Waals surface area contributed by atoms with Crippen molar-refractivity contribution >= 4 is 22.6 Å². The number of fused-ring (bicyclic) bond motifs is 1. The van der Waals surface area contributed by atoms with Gasteiger partial charge in [0.15, 0.2) is 5.76 Å². The van der Waals surface area contributed by atoms with Gasteiger partial charge < -0.3 is 19.8 Å². The molecule has 192 valence electrons. The zero-order chi connectivity index (χ0) is 25.3. The van der Waals surface area contributed by atoms with Crippen molar-refractivity contribution in [2.45, 2.75) is 64.3 Å². The van der Waals surface area contributed by atoms with E-state index in [2.05, 4.69) is 20.6 Å². The number of amides is 1. The highest BCUT2D eigenvalue weighted by Crippen LogP contribution is 2.34. The molecule has 2 aromatic heterocycles. The number of aromatic nitrogens is 2. The summed E-state index contributed by atoms with van der Waals surface area (Å²) >= 11 is 0. The summed E-state index contributed by atoms with van der Waals surface area (Å²) in [4.78, 5) is 33.8. The number of piperidine rings is 1. The Morgan fingerprint density at radius 3 is 2.78 bits per heavy atom. The molecule has 1 saturated heterocycles. The predicted molar refractivity (Wildman–Crippen MR) is 139 cm³/mol. The van der Waals surface area contributed by atoms with E-state index in [-0.39, 0.29) is 17.9 Å². The minimum atomic E-state index is -0.331. The van der Waals surface area contributed by atoms with Crippen LogP contribution in [0.5, 0.6) is 5.88 Å². The molecule has 0 saturated carbocycles. The van der Waals surface area contributed by atoms with Gasteiger partial charge in [-0.2, -0.15) is 0 Å². The van der Waals surface area contributed by atoms with Crippen LogP contribution in [-0.2, 0) is 9.59 Å². The van der Waals surface area contributed by atoms with Gasteiger partial charge in [0, 0.05) is 24.1 Å². The predicted octanol–water partition coefficient (Wildman–Crippen LogP) is 4.98. The van der Waals surface area contributed by atoms with E-state index in [9.17, 15) is 9.59 Å². The number of nitrogens with zero attached hydrogens (tertiary/aromatic N) is 2. The molecule has 0 radical (unpaired) electrons. The van der Waals surface area contributed by atoms with Gasteiger partial charge in [-0.1, -0.05) is 38.0 Å². The molecule has 1 amide bonds. The van der Waals surface area contributed by atoms with Crippen LogP contribution in [0, 0.1) is 5.92 Å². The fourth-order valence-electron chi connectivity index (χ4n) is 4.66. The molecule has 8 nitrogen and oxygen atoms in total. The van der Waals surface area contributed by atoms with Crippen molar-refractivity contribution in [3.8, 4) is 17.2 Å². The monoisotopic (exact) mass is 492 g/mol. The second-order valence-electron chi connectivity index (χ2n) is 9.38. The lowest BCUT2D eigenvalue weighted by molar-refractivity contribution is -0.126. The van der Waals surface area contributed by atoms with Crippen molar-refractivity contribution in [3.63, 3.8) is 0 Å². The molecule has 1 fully saturated rings. The summed E-state index contributed by atoms with van der Waals surface area (Å²) in [5, 5.41) is 7.48. The first-order valence-corrected chi connectivity index (χ1v) is 13.0. The van der Waals surface area contributed by atoms with Crippen molar-refractivity contribution < 1.29 is 18.7 Å². The molecule has 3 aromatic rings. The SMILES string of the molecule is CCC(=O)CCCCCC(NC(=O)C1CCNCC1)c1ncc(-c2cc3ccccc3nc2OC)o1. The Kier molecular flexibility index (Phi) is 9.06. The van der Waals surface area contributed by atoms with Gasteiger partial charge in [-0.05, 0) is 50.9 Å². The lowest BCUT2D eigenvalue weighted by atomic mass is 9.96. The Bertz CT molecular complexity index is 1170. The van der Waals surface area contributed by atoms with Gasteiger partial charge in [0.05, 0.1) is 24.4 Å². The standard InChI is InChI=1S/C28H36N4O4/c1-3-21(33)10-5-4-6-12-24(31-26(34)19-13-15-29-16-14-19)28-30-18-25(36-28)22-17-20-9-7-8-11-23(20)32-27(22)35-2/h7-9,11,17-19,24,29H,3-6,10,12-16H2,1-2H3,(H,31,34). The van der Waals surface area contributed by atoms with Crippen molar-refractivity contribution in [1.29, 1.82) is 0 Å².